The average Bonchev–Trinajstić information content (AvgIpc) is 3.26. The summed E-state index contributed by atoms with van der Waals surface area (Å²) in [5, 5.41) is 17.5. The molecule has 10 heteroatoms. The number of nitrogens with one attached hydrogen (secondary N) is 1. The van der Waals surface area contributed by atoms with Gasteiger partial charge in [0.05, 0.1) is 43.6 Å². The fraction of sp³-hybridized carbons (Fsp3) is 0.500. The molecule has 0 radical (unpaired) electrons. The summed E-state index contributed by atoms with van der Waals surface area (Å²) >= 11 is 0. The summed E-state index contributed by atoms with van der Waals surface area (Å²) in [6.07, 6.45) is 6.06. The van der Waals surface area contributed by atoms with Gasteiger partial charge in [0.25, 0.3) is 0 Å². The first-order chi connectivity index (χ1) is 15.1. The molecular weight excluding hydrogens is 408 g/mol. The molecule has 3 aromatic rings. The fourth-order valence-electron chi connectivity index (χ4n) is 3.84. The van der Waals surface area contributed by atoms with E-state index < -0.39 is 11.1 Å². The molecule has 0 saturated carbocycles. The monoisotopic (exact) mass is 436 g/mol. The van der Waals surface area contributed by atoms with E-state index in [0.717, 1.165) is 23.0 Å². The molecular formula is C22H28N8O2. The third kappa shape index (κ3) is 3.98. The Morgan fingerprint density at radius 2 is 2.09 bits per heavy atom. The van der Waals surface area contributed by atoms with Crippen molar-refractivity contribution in [2.75, 3.05) is 18.4 Å². The summed E-state index contributed by atoms with van der Waals surface area (Å²) in [6.45, 7) is 8.31. The highest BCUT2D eigenvalue weighted by Crippen LogP contribution is 2.35. The molecule has 10 nitrogen and oxygen atoms in total. The van der Waals surface area contributed by atoms with E-state index in [1.807, 2.05) is 49.3 Å². The minimum absolute atomic E-state index is 0.246. The maximum atomic E-state index is 12.4. The molecule has 0 aliphatic carbocycles. The van der Waals surface area contributed by atoms with Crippen LogP contribution < -0.4 is 5.32 Å². The van der Waals surface area contributed by atoms with Crippen LogP contribution in [0.4, 0.5) is 16.4 Å². The molecule has 0 unspecified atom stereocenters. The summed E-state index contributed by atoms with van der Waals surface area (Å²) in [5.41, 5.74) is 1.65. The number of nitrogens with zero attached hydrogens (tertiary/aromatic N) is 7. The van der Waals surface area contributed by atoms with Gasteiger partial charge in [0.1, 0.15) is 22.5 Å². The number of carbonyl (C=O) groups excluding carboxylic acids is 1. The number of hydrogen-bond donors (Lipinski definition) is 1. The van der Waals surface area contributed by atoms with E-state index >= 15 is 0 Å². The lowest BCUT2D eigenvalue weighted by Gasteiger charge is -2.48. The smallest absolute Gasteiger partial charge is 0.410 e. The van der Waals surface area contributed by atoms with E-state index in [-0.39, 0.29) is 12.5 Å². The van der Waals surface area contributed by atoms with Crippen molar-refractivity contribution in [1.29, 1.82) is 5.26 Å². The van der Waals surface area contributed by atoms with E-state index in [1.165, 1.54) is 0 Å². The van der Waals surface area contributed by atoms with Gasteiger partial charge >= 0.3 is 6.09 Å². The Kier molecular flexibility index (Phi) is 5.28. The van der Waals surface area contributed by atoms with Crippen LogP contribution in [0.1, 0.15) is 39.7 Å². The van der Waals surface area contributed by atoms with Gasteiger partial charge in [-0.15, -0.1) is 0 Å². The van der Waals surface area contributed by atoms with Crippen LogP contribution in [0, 0.1) is 11.3 Å². The van der Waals surface area contributed by atoms with Crippen molar-refractivity contribution in [3.8, 4) is 6.07 Å². The van der Waals surface area contributed by atoms with Crippen LogP contribution in [-0.2, 0) is 23.7 Å². The van der Waals surface area contributed by atoms with E-state index in [2.05, 4.69) is 28.3 Å². The van der Waals surface area contributed by atoms with Gasteiger partial charge in [-0.3, -0.25) is 4.68 Å². The number of likely N-dealkylation sites (tertiary alicyclic amines) is 1. The summed E-state index contributed by atoms with van der Waals surface area (Å²) in [6, 6.07) is 4.18. The molecule has 3 aromatic heterocycles. The first-order valence-electron chi connectivity index (χ1n) is 10.6. The largest absolute Gasteiger partial charge is 0.444 e. The zero-order valence-electron chi connectivity index (χ0n) is 19.1. The minimum atomic E-state index is -0.574. The predicted octanol–water partition coefficient (Wildman–Crippen LogP) is 3.33. The van der Waals surface area contributed by atoms with Crippen LogP contribution in [0.2, 0.25) is 0 Å². The van der Waals surface area contributed by atoms with Crippen LogP contribution in [-0.4, -0.2) is 54.0 Å². The van der Waals surface area contributed by atoms with Crippen LogP contribution in [0.5, 0.6) is 0 Å². The lowest BCUT2D eigenvalue weighted by Crippen LogP contribution is -2.64. The maximum absolute atomic E-state index is 12.4. The Labute approximate surface area is 186 Å². The minimum Gasteiger partial charge on any atom is -0.444 e. The van der Waals surface area contributed by atoms with Crippen LogP contribution in [0.25, 0.3) is 11.0 Å². The Balaban J connectivity index is 1.57. The molecule has 4 heterocycles. The first kappa shape index (κ1) is 21.6. The standard InChI is InChI=1S/C22H28N8O2/c1-6-15-11-30(22(7-8-23)12-29(13-22)20(31)32-21(2,3)4)27-19(15)26-18-9-17-16(10-24-18)25-14-28(17)5/h9-11,14H,6-7,12-13H2,1-5H3,(H,24,26,27). The summed E-state index contributed by atoms with van der Waals surface area (Å²) in [5.74, 6) is 1.36. The SMILES string of the molecule is CCc1cn(C2(CC#N)CN(C(=O)OC(C)(C)C)C2)nc1Nc1cc2c(cn1)ncn2C. The number of pyridine rings is 1. The number of fused-ring (bicyclic) bond motifs is 1. The van der Waals surface area contributed by atoms with Gasteiger partial charge in [0.15, 0.2) is 5.82 Å². The van der Waals surface area contributed by atoms with E-state index in [0.29, 0.717) is 24.7 Å². The molecule has 1 aliphatic heterocycles. The quantitative estimate of drug-likeness (QED) is 0.652. The van der Waals surface area contributed by atoms with Crippen LogP contribution in [0.15, 0.2) is 24.8 Å². The van der Waals surface area contributed by atoms with Gasteiger partial charge in [0.2, 0.25) is 0 Å². The molecule has 168 valence electrons. The number of imidazole rings is 1. The molecule has 32 heavy (non-hydrogen) atoms. The van der Waals surface area contributed by atoms with Gasteiger partial charge in [-0.2, -0.15) is 10.4 Å². The second kappa shape index (κ2) is 7.82. The molecule has 0 atom stereocenters. The molecule has 0 spiro atoms. The predicted molar refractivity (Wildman–Crippen MR) is 119 cm³/mol. The lowest BCUT2D eigenvalue weighted by molar-refractivity contribution is -0.0313. The zero-order chi connectivity index (χ0) is 23.1. The molecule has 1 fully saturated rings. The summed E-state index contributed by atoms with van der Waals surface area (Å²) < 4.78 is 9.22. The highest BCUT2D eigenvalue weighted by molar-refractivity contribution is 5.78. The highest BCUT2D eigenvalue weighted by Gasteiger charge is 2.49. The lowest BCUT2D eigenvalue weighted by atomic mass is 9.87. The number of ether oxygens (including phenoxy) is 1. The number of aromatic nitrogens is 5. The van der Waals surface area contributed by atoms with E-state index in [1.54, 1.807) is 17.4 Å². The maximum Gasteiger partial charge on any atom is 0.410 e. The molecule has 1 aliphatic rings. The number of aryl methyl sites for hydroxylation is 2. The third-order valence-electron chi connectivity index (χ3n) is 5.55. The Morgan fingerprint density at radius 3 is 2.75 bits per heavy atom. The van der Waals surface area contributed by atoms with Crippen molar-refractivity contribution >= 4 is 28.8 Å². The second-order valence-electron chi connectivity index (χ2n) is 9.24. The summed E-state index contributed by atoms with van der Waals surface area (Å²) in [7, 11) is 1.93. The number of amides is 1. The molecule has 0 aromatic carbocycles. The van der Waals surface area contributed by atoms with E-state index in [4.69, 9.17) is 9.84 Å². The fourth-order valence-corrected chi connectivity index (χ4v) is 3.84. The average molecular weight is 437 g/mol. The molecule has 1 N–H and O–H groups in total. The van der Waals surface area contributed by atoms with Gasteiger partial charge in [-0.1, -0.05) is 6.92 Å². The van der Waals surface area contributed by atoms with Crippen LogP contribution >= 0.6 is 0 Å². The third-order valence-corrected chi connectivity index (χ3v) is 5.55. The van der Waals surface area contributed by atoms with Crippen molar-refractivity contribution in [2.24, 2.45) is 7.05 Å². The van der Waals surface area contributed by atoms with Gasteiger partial charge in [-0.25, -0.2) is 14.8 Å². The summed E-state index contributed by atoms with van der Waals surface area (Å²) in [4.78, 5) is 22.8. The number of carbonyl (C=O) groups is 1. The van der Waals surface area contributed by atoms with E-state index in [9.17, 15) is 10.1 Å². The zero-order valence-corrected chi connectivity index (χ0v) is 19.1. The van der Waals surface area contributed by atoms with Gasteiger partial charge in [0, 0.05) is 24.9 Å². The van der Waals surface area contributed by atoms with Crippen molar-refractivity contribution in [3.63, 3.8) is 0 Å². The highest BCUT2D eigenvalue weighted by atomic mass is 16.6. The van der Waals surface area contributed by atoms with Crippen molar-refractivity contribution in [1.82, 2.24) is 29.2 Å². The van der Waals surface area contributed by atoms with Gasteiger partial charge < -0.3 is 19.5 Å². The first-order valence-corrected chi connectivity index (χ1v) is 10.6. The Bertz CT molecular complexity index is 1190. The van der Waals surface area contributed by atoms with Crippen molar-refractivity contribution < 1.29 is 9.53 Å². The molecule has 1 saturated heterocycles. The van der Waals surface area contributed by atoms with Crippen LogP contribution in [0.3, 0.4) is 0 Å². The number of anilines is 2. The van der Waals surface area contributed by atoms with Crippen molar-refractivity contribution in [2.45, 2.75) is 51.7 Å². The second-order valence-corrected chi connectivity index (χ2v) is 9.24. The number of hydrogen-bond acceptors (Lipinski definition) is 7. The normalized spacial score (nSPS) is 15.3. The van der Waals surface area contributed by atoms with Crippen molar-refractivity contribution in [3.05, 3.63) is 30.4 Å². The topological polar surface area (TPSA) is 114 Å². The molecule has 4 rings (SSSR count). The number of rotatable bonds is 5. The Morgan fingerprint density at radius 1 is 1.34 bits per heavy atom. The molecule has 1 amide bonds. The van der Waals surface area contributed by atoms with Gasteiger partial charge in [-0.05, 0) is 27.2 Å². The number of nitriles is 1. The Hall–Kier alpha value is -3.61. The molecule has 0 bridgehead atoms.